The summed E-state index contributed by atoms with van der Waals surface area (Å²) in [6.45, 7) is 5.35. The number of carbonyl (C=O) groups excluding carboxylic acids is 1. The summed E-state index contributed by atoms with van der Waals surface area (Å²) in [7, 11) is 0. The van der Waals surface area contributed by atoms with E-state index in [1.807, 2.05) is 23.1 Å². The SMILES string of the molecule is Cc1ccc(C2CCCN2C(=O)CCn2cnc3ccccc3c2=O)cc1C. The molecular formula is C23H25N3O2. The van der Waals surface area contributed by atoms with Crippen LogP contribution in [0.4, 0.5) is 0 Å². The van der Waals surface area contributed by atoms with Gasteiger partial charge in [-0.15, -0.1) is 0 Å². The largest absolute Gasteiger partial charge is 0.336 e. The third-order valence-corrected chi connectivity index (χ3v) is 5.79. The second-order valence-corrected chi connectivity index (χ2v) is 7.60. The fourth-order valence-electron chi connectivity index (χ4n) is 4.01. The number of rotatable bonds is 4. The van der Waals surface area contributed by atoms with Gasteiger partial charge in [-0.1, -0.05) is 30.3 Å². The summed E-state index contributed by atoms with van der Waals surface area (Å²) in [4.78, 5) is 31.8. The molecule has 1 aromatic heterocycles. The highest BCUT2D eigenvalue weighted by Crippen LogP contribution is 2.33. The van der Waals surface area contributed by atoms with Crippen LogP contribution in [-0.4, -0.2) is 26.9 Å². The van der Waals surface area contributed by atoms with Crippen molar-refractivity contribution in [3.05, 3.63) is 75.8 Å². The number of hydrogen-bond acceptors (Lipinski definition) is 3. The fraction of sp³-hybridized carbons (Fsp3) is 0.348. The Morgan fingerprint density at radius 2 is 1.96 bits per heavy atom. The molecule has 0 saturated carbocycles. The zero-order valence-corrected chi connectivity index (χ0v) is 16.4. The van der Waals surface area contributed by atoms with Gasteiger partial charge in [0.1, 0.15) is 0 Å². The number of likely N-dealkylation sites (tertiary alicyclic amines) is 1. The predicted octanol–water partition coefficient (Wildman–Crippen LogP) is 3.77. The Bertz CT molecular complexity index is 1090. The second kappa shape index (κ2) is 7.58. The molecule has 1 saturated heterocycles. The number of carbonyl (C=O) groups is 1. The first-order chi connectivity index (χ1) is 13.5. The molecule has 0 bridgehead atoms. The van der Waals surface area contributed by atoms with Crippen molar-refractivity contribution in [3.63, 3.8) is 0 Å². The average Bonchev–Trinajstić information content (AvgIpc) is 3.19. The van der Waals surface area contributed by atoms with Gasteiger partial charge >= 0.3 is 0 Å². The van der Waals surface area contributed by atoms with Crippen LogP contribution in [-0.2, 0) is 11.3 Å². The van der Waals surface area contributed by atoms with Crippen molar-refractivity contribution in [2.45, 2.75) is 45.7 Å². The first kappa shape index (κ1) is 18.4. The molecule has 0 spiro atoms. The molecule has 28 heavy (non-hydrogen) atoms. The number of fused-ring (bicyclic) bond motifs is 1. The van der Waals surface area contributed by atoms with E-state index in [4.69, 9.17) is 0 Å². The lowest BCUT2D eigenvalue weighted by Crippen LogP contribution is -2.32. The third kappa shape index (κ3) is 3.44. The first-order valence-electron chi connectivity index (χ1n) is 9.85. The van der Waals surface area contributed by atoms with Crippen LogP contribution in [0.25, 0.3) is 10.9 Å². The van der Waals surface area contributed by atoms with E-state index < -0.39 is 0 Å². The molecule has 5 heteroatoms. The Labute approximate surface area is 164 Å². The summed E-state index contributed by atoms with van der Waals surface area (Å²) in [5, 5.41) is 0.589. The monoisotopic (exact) mass is 375 g/mol. The highest BCUT2D eigenvalue weighted by Gasteiger charge is 2.29. The molecule has 5 nitrogen and oxygen atoms in total. The Morgan fingerprint density at radius 3 is 2.79 bits per heavy atom. The van der Waals surface area contributed by atoms with Crippen LogP contribution in [0.1, 0.15) is 42.0 Å². The van der Waals surface area contributed by atoms with E-state index in [1.54, 1.807) is 17.0 Å². The molecular weight excluding hydrogens is 350 g/mol. The highest BCUT2D eigenvalue weighted by molar-refractivity contribution is 5.78. The van der Waals surface area contributed by atoms with Gasteiger partial charge in [-0.3, -0.25) is 14.2 Å². The van der Waals surface area contributed by atoms with Gasteiger partial charge in [0.05, 0.1) is 23.3 Å². The van der Waals surface area contributed by atoms with Crippen LogP contribution in [0.5, 0.6) is 0 Å². The smallest absolute Gasteiger partial charge is 0.261 e. The molecule has 1 aliphatic heterocycles. The summed E-state index contributed by atoms with van der Waals surface area (Å²) in [5.74, 6) is 0.0980. The van der Waals surface area contributed by atoms with Crippen LogP contribution in [0.2, 0.25) is 0 Å². The van der Waals surface area contributed by atoms with E-state index in [-0.39, 0.29) is 17.5 Å². The summed E-state index contributed by atoms with van der Waals surface area (Å²) in [6.07, 6.45) is 3.86. The van der Waals surface area contributed by atoms with Crippen molar-refractivity contribution in [1.82, 2.24) is 14.5 Å². The molecule has 1 amide bonds. The number of amides is 1. The molecule has 1 unspecified atom stereocenters. The van der Waals surface area contributed by atoms with Gasteiger partial charge < -0.3 is 4.90 Å². The lowest BCUT2D eigenvalue weighted by Gasteiger charge is -2.26. The number of benzene rings is 2. The third-order valence-electron chi connectivity index (χ3n) is 5.79. The molecule has 0 aliphatic carbocycles. The van der Waals surface area contributed by atoms with Gasteiger partial charge in [0.2, 0.25) is 5.91 Å². The molecule has 1 fully saturated rings. The van der Waals surface area contributed by atoms with Gasteiger partial charge in [-0.25, -0.2) is 4.98 Å². The lowest BCUT2D eigenvalue weighted by molar-refractivity contribution is -0.132. The van der Waals surface area contributed by atoms with Gasteiger partial charge in [-0.2, -0.15) is 0 Å². The Kier molecular flexibility index (Phi) is 4.99. The molecule has 1 aliphatic rings. The average molecular weight is 375 g/mol. The lowest BCUT2D eigenvalue weighted by atomic mass is 9.99. The van der Waals surface area contributed by atoms with Crippen LogP contribution < -0.4 is 5.56 Å². The van der Waals surface area contributed by atoms with Crippen molar-refractivity contribution >= 4 is 16.8 Å². The number of aryl methyl sites for hydroxylation is 3. The standard InChI is InChI=1S/C23H25N3O2/c1-16-9-10-18(14-17(16)2)21-8-5-12-26(21)22(27)11-13-25-15-24-20-7-4-3-6-19(20)23(25)28/h3-4,6-7,9-10,14-15,21H,5,8,11-13H2,1-2H3. The molecule has 1 atom stereocenters. The van der Waals surface area contributed by atoms with Crippen LogP contribution >= 0.6 is 0 Å². The van der Waals surface area contributed by atoms with E-state index in [0.717, 1.165) is 19.4 Å². The van der Waals surface area contributed by atoms with E-state index in [2.05, 4.69) is 37.0 Å². The number of hydrogen-bond donors (Lipinski definition) is 0. The molecule has 2 aromatic carbocycles. The Hall–Kier alpha value is -2.95. The summed E-state index contributed by atoms with van der Waals surface area (Å²) >= 11 is 0. The topological polar surface area (TPSA) is 55.2 Å². The maximum atomic E-state index is 12.9. The van der Waals surface area contributed by atoms with Gasteiger partial charge in [-0.05, 0) is 55.5 Å². The minimum absolute atomic E-state index is 0.0921. The van der Waals surface area contributed by atoms with Gasteiger partial charge in [0.15, 0.2) is 0 Å². The van der Waals surface area contributed by atoms with E-state index in [0.29, 0.717) is 23.9 Å². The Morgan fingerprint density at radius 1 is 1.14 bits per heavy atom. The first-order valence-corrected chi connectivity index (χ1v) is 9.85. The molecule has 2 heterocycles. The minimum atomic E-state index is -0.0921. The van der Waals surface area contributed by atoms with Crippen molar-refractivity contribution in [1.29, 1.82) is 0 Å². The van der Waals surface area contributed by atoms with Crippen LogP contribution in [0, 0.1) is 13.8 Å². The normalized spacial score (nSPS) is 16.6. The summed E-state index contributed by atoms with van der Waals surface area (Å²) in [6, 6.07) is 13.9. The zero-order chi connectivity index (χ0) is 19.7. The van der Waals surface area contributed by atoms with Crippen molar-refractivity contribution < 1.29 is 4.79 Å². The minimum Gasteiger partial charge on any atom is -0.336 e. The maximum Gasteiger partial charge on any atom is 0.261 e. The quantitative estimate of drug-likeness (QED) is 0.698. The van der Waals surface area contributed by atoms with Crippen LogP contribution in [0.3, 0.4) is 0 Å². The molecule has 4 rings (SSSR count). The molecule has 3 aromatic rings. The number of para-hydroxylation sites is 1. The number of aromatic nitrogens is 2. The predicted molar refractivity (Wildman–Crippen MR) is 110 cm³/mol. The summed E-state index contributed by atoms with van der Waals surface area (Å²) in [5.41, 5.74) is 4.32. The van der Waals surface area contributed by atoms with Crippen molar-refractivity contribution in [2.75, 3.05) is 6.54 Å². The molecule has 144 valence electrons. The molecule has 0 radical (unpaired) electrons. The van der Waals surface area contributed by atoms with Gasteiger partial charge in [0.25, 0.3) is 5.56 Å². The molecule has 0 N–H and O–H groups in total. The van der Waals surface area contributed by atoms with Gasteiger partial charge in [0, 0.05) is 19.5 Å². The van der Waals surface area contributed by atoms with Crippen LogP contribution in [0.15, 0.2) is 53.6 Å². The van der Waals surface area contributed by atoms with E-state index in [9.17, 15) is 9.59 Å². The summed E-state index contributed by atoms with van der Waals surface area (Å²) < 4.78 is 1.54. The van der Waals surface area contributed by atoms with Crippen molar-refractivity contribution in [3.8, 4) is 0 Å². The van der Waals surface area contributed by atoms with E-state index in [1.165, 1.54) is 16.7 Å². The second-order valence-electron chi connectivity index (χ2n) is 7.60. The maximum absolute atomic E-state index is 12.9. The zero-order valence-electron chi connectivity index (χ0n) is 16.4. The fourth-order valence-corrected chi connectivity index (χ4v) is 4.01. The van der Waals surface area contributed by atoms with E-state index >= 15 is 0 Å². The number of nitrogens with zero attached hydrogens (tertiary/aromatic N) is 3. The Balaban J connectivity index is 1.49. The highest BCUT2D eigenvalue weighted by atomic mass is 16.2. The van der Waals surface area contributed by atoms with Crippen molar-refractivity contribution in [2.24, 2.45) is 0 Å².